The van der Waals surface area contributed by atoms with Gasteiger partial charge in [0.15, 0.2) is 0 Å². The molecule has 4 atom stereocenters. The second-order valence-corrected chi connectivity index (χ2v) is 8.78. The van der Waals surface area contributed by atoms with Crippen LogP contribution in [0.15, 0.2) is 36.5 Å². The number of carbonyl (C=O) groups is 1. The molecule has 0 saturated carbocycles. The van der Waals surface area contributed by atoms with Gasteiger partial charge in [0.25, 0.3) is 0 Å². The molecule has 0 aromatic carbocycles. The second-order valence-electron chi connectivity index (χ2n) is 8.78. The normalized spacial score (nSPS) is 15.0. The highest BCUT2D eigenvalue weighted by molar-refractivity contribution is 5.73. The van der Waals surface area contributed by atoms with E-state index in [9.17, 15) is 4.79 Å². The van der Waals surface area contributed by atoms with E-state index < -0.39 is 0 Å². The Morgan fingerprint density at radius 3 is 1.86 bits per heavy atom. The first kappa shape index (κ1) is 29.9. The van der Waals surface area contributed by atoms with Crippen LogP contribution >= 0.6 is 0 Å². The predicted molar refractivity (Wildman–Crippen MR) is 130 cm³/mol. The quantitative estimate of drug-likeness (QED) is 0.213. The van der Waals surface area contributed by atoms with Gasteiger partial charge in [-0.3, -0.25) is 4.79 Å². The standard InChI is InChI=1S/C24H42O2.C3H8/c1-9-18(3)11-13-20(5)22(7)15-16-23(8)21(6)14-12-19(4)17-24(25)26-10-2;1-3-2/h12,14,18,20,22-23H,4,6,9-11,13,15-17H2,1-3,5,7-8H3;3H2,1-2H3/b14-12-;. The Kier molecular flexibility index (Phi) is 19.3. The first-order valence-electron chi connectivity index (χ1n) is 11.8. The van der Waals surface area contributed by atoms with Crippen molar-refractivity contribution in [2.75, 3.05) is 6.61 Å². The van der Waals surface area contributed by atoms with Crippen LogP contribution in [0.1, 0.15) is 100 Å². The molecule has 0 aliphatic heterocycles. The van der Waals surface area contributed by atoms with Crippen molar-refractivity contribution in [2.24, 2.45) is 23.7 Å². The Labute approximate surface area is 182 Å². The number of rotatable bonds is 14. The van der Waals surface area contributed by atoms with Crippen molar-refractivity contribution < 1.29 is 9.53 Å². The van der Waals surface area contributed by atoms with E-state index in [4.69, 9.17) is 4.74 Å². The van der Waals surface area contributed by atoms with Crippen molar-refractivity contribution in [2.45, 2.75) is 100 Å². The molecule has 0 fully saturated rings. The van der Waals surface area contributed by atoms with Crippen LogP contribution in [0.4, 0.5) is 0 Å². The van der Waals surface area contributed by atoms with E-state index in [2.05, 4.69) is 61.6 Å². The summed E-state index contributed by atoms with van der Waals surface area (Å²) in [7, 11) is 0. The van der Waals surface area contributed by atoms with Crippen LogP contribution in [0.25, 0.3) is 0 Å². The van der Waals surface area contributed by atoms with Crippen molar-refractivity contribution in [3.63, 3.8) is 0 Å². The molecule has 4 unspecified atom stereocenters. The van der Waals surface area contributed by atoms with E-state index in [0.29, 0.717) is 12.5 Å². The van der Waals surface area contributed by atoms with Gasteiger partial charge >= 0.3 is 5.97 Å². The second kappa shape index (κ2) is 18.7. The van der Waals surface area contributed by atoms with Crippen molar-refractivity contribution in [1.29, 1.82) is 0 Å². The molecule has 0 spiro atoms. The Balaban J connectivity index is 0. The molecule has 0 aromatic rings. The minimum atomic E-state index is -0.221. The van der Waals surface area contributed by atoms with Crippen LogP contribution in [0.5, 0.6) is 0 Å². The molecule has 0 N–H and O–H groups in total. The summed E-state index contributed by atoms with van der Waals surface area (Å²) in [4.78, 5) is 11.4. The van der Waals surface area contributed by atoms with Crippen LogP contribution in [0.2, 0.25) is 0 Å². The van der Waals surface area contributed by atoms with Crippen LogP contribution in [-0.4, -0.2) is 12.6 Å². The summed E-state index contributed by atoms with van der Waals surface area (Å²) in [5.41, 5.74) is 1.87. The van der Waals surface area contributed by atoms with Crippen LogP contribution in [-0.2, 0) is 9.53 Å². The zero-order chi connectivity index (χ0) is 22.8. The van der Waals surface area contributed by atoms with E-state index in [0.717, 1.165) is 35.3 Å². The van der Waals surface area contributed by atoms with Crippen molar-refractivity contribution in [3.8, 4) is 0 Å². The largest absolute Gasteiger partial charge is 0.466 e. The molecule has 0 saturated heterocycles. The number of carbonyl (C=O) groups excluding carboxylic acids is 1. The number of hydrogen-bond acceptors (Lipinski definition) is 2. The molecule has 29 heavy (non-hydrogen) atoms. The van der Waals surface area contributed by atoms with Gasteiger partial charge in [-0.2, -0.15) is 0 Å². The van der Waals surface area contributed by atoms with Gasteiger partial charge in [0.05, 0.1) is 13.0 Å². The van der Waals surface area contributed by atoms with E-state index in [1.807, 2.05) is 19.1 Å². The SMILES string of the molecule is C=C(/C=C\C(=C)C(C)CCC(C)C(C)CCC(C)CC)CC(=O)OCC.CCC. The molecule has 0 aromatic heterocycles. The summed E-state index contributed by atoms with van der Waals surface area (Å²) >= 11 is 0. The lowest BCUT2D eigenvalue weighted by atomic mass is 9.83. The summed E-state index contributed by atoms with van der Waals surface area (Å²) in [5, 5.41) is 0. The van der Waals surface area contributed by atoms with Crippen LogP contribution < -0.4 is 0 Å². The van der Waals surface area contributed by atoms with Gasteiger partial charge in [-0.1, -0.05) is 105 Å². The van der Waals surface area contributed by atoms with Crippen LogP contribution in [0.3, 0.4) is 0 Å². The van der Waals surface area contributed by atoms with Crippen LogP contribution in [0, 0.1) is 23.7 Å². The number of ether oxygens (including phenoxy) is 1. The fraction of sp³-hybridized carbons (Fsp3) is 0.741. The molecular formula is C27H50O2. The molecule has 0 aliphatic carbocycles. The van der Waals surface area contributed by atoms with Crippen molar-refractivity contribution in [1.82, 2.24) is 0 Å². The summed E-state index contributed by atoms with van der Waals surface area (Å²) in [5.74, 6) is 2.60. The lowest BCUT2D eigenvalue weighted by Gasteiger charge is -2.23. The first-order valence-corrected chi connectivity index (χ1v) is 11.8. The highest BCUT2D eigenvalue weighted by Crippen LogP contribution is 2.27. The highest BCUT2D eigenvalue weighted by atomic mass is 16.5. The average Bonchev–Trinajstić information content (AvgIpc) is 2.68. The average molecular weight is 407 g/mol. The molecule has 0 heterocycles. The molecule has 0 amide bonds. The number of hydrogen-bond donors (Lipinski definition) is 0. The molecule has 2 heteroatoms. The molecule has 170 valence electrons. The van der Waals surface area contributed by atoms with Gasteiger partial charge in [-0.15, -0.1) is 0 Å². The van der Waals surface area contributed by atoms with Gasteiger partial charge in [-0.25, -0.2) is 0 Å². The molecule has 0 aliphatic rings. The maximum absolute atomic E-state index is 11.4. The van der Waals surface area contributed by atoms with E-state index in [1.54, 1.807) is 0 Å². The smallest absolute Gasteiger partial charge is 0.310 e. The van der Waals surface area contributed by atoms with E-state index in [-0.39, 0.29) is 12.4 Å². The zero-order valence-electron chi connectivity index (χ0n) is 20.9. The number of allylic oxidation sites excluding steroid dienone is 3. The van der Waals surface area contributed by atoms with E-state index in [1.165, 1.54) is 32.1 Å². The third-order valence-electron chi connectivity index (χ3n) is 5.68. The van der Waals surface area contributed by atoms with Crippen molar-refractivity contribution >= 4 is 5.97 Å². The van der Waals surface area contributed by atoms with Crippen molar-refractivity contribution in [3.05, 3.63) is 36.5 Å². The summed E-state index contributed by atoms with van der Waals surface area (Å²) in [6, 6.07) is 0. The maximum atomic E-state index is 11.4. The van der Waals surface area contributed by atoms with Gasteiger partial charge < -0.3 is 4.74 Å². The summed E-state index contributed by atoms with van der Waals surface area (Å²) in [6.07, 6.45) is 11.7. The topological polar surface area (TPSA) is 26.3 Å². The minimum absolute atomic E-state index is 0.221. The molecule has 0 rings (SSSR count). The van der Waals surface area contributed by atoms with Gasteiger partial charge in [0, 0.05) is 0 Å². The van der Waals surface area contributed by atoms with Gasteiger partial charge in [0.1, 0.15) is 0 Å². The Morgan fingerprint density at radius 1 is 0.862 bits per heavy atom. The molecule has 0 radical (unpaired) electrons. The highest BCUT2D eigenvalue weighted by Gasteiger charge is 2.15. The van der Waals surface area contributed by atoms with Gasteiger partial charge in [-0.05, 0) is 49.0 Å². The zero-order valence-corrected chi connectivity index (χ0v) is 20.9. The third-order valence-corrected chi connectivity index (χ3v) is 5.68. The Morgan fingerprint density at radius 2 is 1.38 bits per heavy atom. The van der Waals surface area contributed by atoms with Gasteiger partial charge in [0.2, 0.25) is 0 Å². The first-order chi connectivity index (χ1) is 13.6. The minimum Gasteiger partial charge on any atom is -0.466 e. The maximum Gasteiger partial charge on any atom is 0.310 e. The fourth-order valence-electron chi connectivity index (χ4n) is 2.86. The third kappa shape index (κ3) is 17.3. The summed E-state index contributed by atoms with van der Waals surface area (Å²) in [6.45, 7) is 26.2. The summed E-state index contributed by atoms with van der Waals surface area (Å²) < 4.78 is 4.94. The monoisotopic (exact) mass is 406 g/mol. The lowest BCUT2D eigenvalue weighted by Crippen LogP contribution is -2.11. The fourth-order valence-corrected chi connectivity index (χ4v) is 2.86. The number of esters is 1. The molecular weight excluding hydrogens is 356 g/mol. The molecule has 0 bridgehead atoms. The Bertz CT molecular complexity index is 475. The Hall–Kier alpha value is -1.31. The predicted octanol–water partition coefficient (Wildman–Crippen LogP) is 8.54. The molecule has 2 nitrogen and oxygen atoms in total. The lowest BCUT2D eigenvalue weighted by molar-refractivity contribution is -0.142. The van der Waals surface area contributed by atoms with E-state index >= 15 is 0 Å².